The Morgan fingerprint density at radius 2 is 2.00 bits per heavy atom. The zero-order valence-electron chi connectivity index (χ0n) is 17.5. The van der Waals surface area contributed by atoms with Crippen molar-refractivity contribution in [2.24, 2.45) is 5.92 Å². The summed E-state index contributed by atoms with van der Waals surface area (Å²) >= 11 is 0. The van der Waals surface area contributed by atoms with Crippen molar-refractivity contribution in [1.82, 2.24) is 0 Å². The Bertz CT molecular complexity index is 1080. The number of sulfonamides is 1. The lowest BCUT2D eigenvalue weighted by atomic mass is 9.97. The molecule has 3 rings (SSSR count). The molecule has 1 aliphatic heterocycles. The van der Waals surface area contributed by atoms with Gasteiger partial charge in [-0.25, -0.2) is 13.2 Å². The monoisotopic (exact) mass is 446 g/mol. The summed E-state index contributed by atoms with van der Waals surface area (Å²) < 4.78 is 32.9. The number of esters is 1. The largest absolute Gasteiger partial charge is 0.478 e. The van der Waals surface area contributed by atoms with E-state index in [9.17, 15) is 23.1 Å². The number of hydrogen-bond donors (Lipinski definition) is 2. The Balaban J connectivity index is 1.86. The van der Waals surface area contributed by atoms with Crippen molar-refractivity contribution in [2.75, 3.05) is 29.3 Å². The van der Waals surface area contributed by atoms with Gasteiger partial charge in [-0.1, -0.05) is 12.1 Å². The number of hydrogen-bond acceptors (Lipinski definition) is 6. The highest BCUT2D eigenvalue weighted by Crippen LogP contribution is 2.30. The second-order valence-electron chi connectivity index (χ2n) is 7.50. The van der Waals surface area contributed by atoms with E-state index < -0.39 is 16.0 Å². The third kappa shape index (κ3) is 5.35. The maximum Gasteiger partial charge on any atom is 0.337 e. The molecule has 1 atom stereocenters. The van der Waals surface area contributed by atoms with Crippen LogP contribution in [0.4, 0.5) is 11.4 Å². The highest BCUT2D eigenvalue weighted by molar-refractivity contribution is 7.92. The van der Waals surface area contributed by atoms with E-state index in [2.05, 4.69) is 4.72 Å². The maximum atomic E-state index is 12.7. The lowest BCUT2D eigenvalue weighted by Crippen LogP contribution is -2.40. The Morgan fingerprint density at radius 3 is 2.68 bits per heavy atom. The SMILES string of the molecule is CCOC(=O)[C@H]1CCCN(c2ccc(NS(=O)(=O)c3cccc(C)c3)cc2C(=O)O)C1. The molecule has 0 spiro atoms. The minimum atomic E-state index is -3.86. The number of anilines is 2. The van der Waals surface area contributed by atoms with E-state index in [4.69, 9.17) is 4.74 Å². The molecule has 0 aliphatic carbocycles. The van der Waals surface area contributed by atoms with Gasteiger partial charge in [-0.3, -0.25) is 9.52 Å². The van der Waals surface area contributed by atoms with Crippen molar-refractivity contribution in [3.05, 3.63) is 53.6 Å². The lowest BCUT2D eigenvalue weighted by Gasteiger charge is -2.34. The first-order chi connectivity index (χ1) is 14.7. The highest BCUT2D eigenvalue weighted by Gasteiger charge is 2.29. The molecular weight excluding hydrogens is 420 g/mol. The van der Waals surface area contributed by atoms with Crippen molar-refractivity contribution in [3.8, 4) is 0 Å². The molecule has 2 aromatic rings. The second-order valence-corrected chi connectivity index (χ2v) is 9.18. The fraction of sp³-hybridized carbons (Fsp3) is 0.364. The number of carboxylic acid groups (broad SMARTS) is 1. The molecule has 166 valence electrons. The molecule has 2 N–H and O–H groups in total. The second kappa shape index (κ2) is 9.38. The molecule has 8 nitrogen and oxygen atoms in total. The van der Waals surface area contributed by atoms with Crippen LogP contribution in [0.3, 0.4) is 0 Å². The molecule has 2 aromatic carbocycles. The molecule has 0 amide bonds. The Labute approximate surface area is 181 Å². The van der Waals surface area contributed by atoms with E-state index in [-0.39, 0.29) is 28.0 Å². The van der Waals surface area contributed by atoms with Gasteiger partial charge in [0.25, 0.3) is 10.0 Å². The predicted molar refractivity (Wildman–Crippen MR) is 117 cm³/mol. The molecule has 1 heterocycles. The van der Waals surface area contributed by atoms with Gasteiger partial charge in [-0.05, 0) is 62.6 Å². The van der Waals surface area contributed by atoms with Crippen LogP contribution in [0.25, 0.3) is 0 Å². The third-order valence-corrected chi connectivity index (χ3v) is 6.54. The summed E-state index contributed by atoms with van der Waals surface area (Å²) in [6, 6.07) is 10.9. The Kier molecular flexibility index (Phi) is 6.84. The summed E-state index contributed by atoms with van der Waals surface area (Å²) in [6.07, 6.45) is 1.41. The van der Waals surface area contributed by atoms with Gasteiger partial charge >= 0.3 is 11.9 Å². The molecule has 31 heavy (non-hydrogen) atoms. The van der Waals surface area contributed by atoms with Gasteiger partial charge in [0.05, 0.1) is 28.7 Å². The summed E-state index contributed by atoms with van der Waals surface area (Å²) in [5.41, 5.74) is 1.36. The van der Waals surface area contributed by atoms with Crippen LogP contribution >= 0.6 is 0 Å². The number of aryl methyl sites for hydroxylation is 1. The maximum absolute atomic E-state index is 12.7. The van der Waals surface area contributed by atoms with E-state index in [0.29, 0.717) is 31.8 Å². The molecular formula is C22H26N2O6S. The summed E-state index contributed by atoms with van der Waals surface area (Å²) in [5, 5.41) is 9.74. The molecule has 0 unspecified atom stereocenters. The molecule has 1 aliphatic rings. The summed E-state index contributed by atoms with van der Waals surface area (Å²) in [4.78, 5) is 26.0. The Morgan fingerprint density at radius 1 is 1.23 bits per heavy atom. The minimum Gasteiger partial charge on any atom is -0.478 e. The smallest absolute Gasteiger partial charge is 0.337 e. The average molecular weight is 447 g/mol. The number of carboxylic acids is 1. The third-order valence-electron chi connectivity index (χ3n) is 5.16. The number of nitrogens with one attached hydrogen (secondary N) is 1. The van der Waals surface area contributed by atoms with Crippen molar-refractivity contribution in [2.45, 2.75) is 31.6 Å². The number of carbonyl (C=O) groups is 2. The van der Waals surface area contributed by atoms with Crippen LogP contribution in [0.5, 0.6) is 0 Å². The van der Waals surface area contributed by atoms with Gasteiger partial charge in [-0.15, -0.1) is 0 Å². The number of rotatable bonds is 7. The average Bonchev–Trinajstić information content (AvgIpc) is 2.73. The fourth-order valence-corrected chi connectivity index (χ4v) is 4.85. The van der Waals surface area contributed by atoms with Crippen LogP contribution < -0.4 is 9.62 Å². The van der Waals surface area contributed by atoms with Gasteiger partial charge in [0.2, 0.25) is 0 Å². The van der Waals surface area contributed by atoms with Gasteiger partial charge in [0, 0.05) is 18.8 Å². The van der Waals surface area contributed by atoms with Crippen molar-refractivity contribution in [3.63, 3.8) is 0 Å². The predicted octanol–water partition coefficient (Wildman–Crippen LogP) is 3.27. The molecule has 0 aromatic heterocycles. The number of benzene rings is 2. The number of ether oxygens (including phenoxy) is 1. The quantitative estimate of drug-likeness (QED) is 0.628. The van der Waals surface area contributed by atoms with Crippen molar-refractivity contribution in [1.29, 1.82) is 0 Å². The van der Waals surface area contributed by atoms with Gasteiger partial charge in [0.1, 0.15) is 0 Å². The van der Waals surface area contributed by atoms with Crippen LogP contribution in [0.1, 0.15) is 35.7 Å². The molecule has 1 fully saturated rings. The van der Waals surface area contributed by atoms with E-state index in [1.54, 1.807) is 32.0 Å². The van der Waals surface area contributed by atoms with Crippen molar-refractivity contribution >= 4 is 33.3 Å². The van der Waals surface area contributed by atoms with E-state index in [1.807, 2.05) is 4.90 Å². The first-order valence-electron chi connectivity index (χ1n) is 10.1. The fourth-order valence-electron chi connectivity index (χ4n) is 3.69. The van der Waals surface area contributed by atoms with Crippen LogP contribution in [-0.4, -0.2) is 45.2 Å². The molecule has 1 saturated heterocycles. The van der Waals surface area contributed by atoms with Crippen LogP contribution in [-0.2, 0) is 19.6 Å². The van der Waals surface area contributed by atoms with Gasteiger partial charge in [-0.2, -0.15) is 0 Å². The summed E-state index contributed by atoms with van der Waals surface area (Å²) in [6.45, 7) is 4.79. The molecule has 9 heteroatoms. The number of aromatic carboxylic acids is 1. The minimum absolute atomic E-state index is 0.0334. The van der Waals surface area contributed by atoms with Crippen molar-refractivity contribution < 1.29 is 27.9 Å². The van der Waals surface area contributed by atoms with Crippen LogP contribution in [0, 0.1) is 12.8 Å². The zero-order chi connectivity index (χ0) is 22.6. The zero-order valence-corrected chi connectivity index (χ0v) is 18.3. The number of carbonyl (C=O) groups excluding carboxylic acids is 1. The standard InChI is InChI=1S/C22H26N2O6S/c1-3-30-22(27)16-7-5-11-24(14-16)20-10-9-17(13-19(20)21(25)26)23-31(28,29)18-8-4-6-15(2)12-18/h4,6,8-10,12-13,16,23H,3,5,7,11,14H2,1-2H3,(H,25,26)/t16-/m0/s1. The Hall–Kier alpha value is -3.07. The molecule has 0 saturated carbocycles. The van der Waals surface area contributed by atoms with Gasteiger partial charge < -0.3 is 14.7 Å². The van der Waals surface area contributed by atoms with Gasteiger partial charge in [0.15, 0.2) is 0 Å². The van der Waals surface area contributed by atoms with Crippen LogP contribution in [0.2, 0.25) is 0 Å². The van der Waals surface area contributed by atoms with E-state index >= 15 is 0 Å². The summed E-state index contributed by atoms with van der Waals surface area (Å²) in [7, 11) is -3.86. The van der Waals surface area contributed by atoms with E-state index in [1.165, 1.54) is 24.3 Å². The highest BCUT2D eigenvalue weighted by atomic mass is 32.2. The summed E-state index contributed by atoms with van der Waals surface area (Å²) in [5.74, 6) is -1.79. The van der Waals surface area contributed by atoms with E-state index in [0.717, 1.165) is 12.0 Å². The topological polar surface area (TPSA) is 113 Å². The first-order valence-corrected chi connectivity index (χ1v) is 11.6. The number of nitrogens with zero attached hydrogens (tertiary/aromatic N) is 1. The molecule has 0 radical (unpaired) electrons. The lowest BCUT2D eigenvalue weighted by molar-refractivity contribution is -0.148. The number of piperidine rings is 1. The normalized spacial score (nSPS) is 16.6. The molecule has 0 bridgehead atoms. The first kappa shape index (κ1) is 22.6. The van der Waals surface area contributed by atoms with Crippen LogP contribution in [0.15, 0.2) is 47.4 Å².